The van der Waals surface area contributed by atoms with E-state index in [9.17, 15) is 8.42 Å². The molecule has 1 aromatic rings. The van der Waals surface area contributed by atoms with Crippen molar-refractivity contribution in [3.8, 4) is 0 Å². The number of sulfone groups is 1. The lowest BCUT2D eigenvalue weighted by molar-refractivity contribution is -0.310. The van der Waals surface area contributed by atoms with Gasteiger partial charge in [0.25, 0.3) is 0 Å². The van der Waals surface area contributed by atoms with Gasteiger partial charge >= 0.3 is 5.25 Å². The molecule has 1 aliphatic heterocycles. The summed E-state index contributed by atoms with van der Waals surface area (Å²) in [6.45, 7) is 10.3. The summed E-state index contributed by atoms with van der Waals surface area (Å²) >= 11 is 0. The number of hydrogen-bond donors (Lipinski definition) is 0. The fraction of sp³-hybridized carbons (Fsp3) is 0.750. The molecule has 0 spiro atoms. The first-order chi connectivity index (χ1) is 14.3. The van der Waals surface area contributed by atoms with Crippen LogP contribution in [0.4, 0.5) is 8.78 Å². The van der Waals surface area contributed by atoms with Crippen LogP contribution in [-0.4, -0.2) is 35.9 Å². The van der Waals surface area contributed by atoms with Crippen LogP contribution in [0.25, 0.3) is 0 Å². The van der Waals surface area contributed by atoms with E-state index in [0.29, 0.717) is 6.42 Å². The minimum Gasteiger partial charge on any atom is -0.294 e. The second-order valence-corrected chi connectivity index (χ2v) is 12.1. The normalized spacial score (nSPS) is 20.5. The van der Waals surface area contributed by atoms with E-state index in [1.807, 2.05) is 5.06 Å². The molecule has 1 aliphatic rings. The van der Waals surface area contributed by atoms with Crippen molar-refractivity contribution in [1.29, 1.82) is 0 Å². The number of halogens is 2. The van der Waals surface area contributed by atoms with E-state index in [1.165, 1.54) is 24.3 Å². The fourth-order valence-corrected chi connectivity index (χ4v) is 5.81. The standard InChI is InChI=1S/C24H39F2NO3S/c1-6-7-8-10-14-20(30-27-22(2,3)17-13-18-23(27,4)5)19-24(25,26)31(28,29)21-15-11-9-12-16-21/h9,11-12,15-16,20H,6-8,10,13-14,17-19H2,1-5H3. The van der Waals surface area contributed by atoms with Crippen molar-refractivity contribution in [1.82, 2.24) is 5.06 Å². The number of nitrogens with zero attached hydrogens (tertiary/aromatic N) is 1. The molecule has 178 valence electrons. The minimum atomic E-state index is -4.80. The molecule has 0 bridgehead atoms. The largest absolute Gasteiger partial charge is 0.352 e. The highest BCUT2D eigenvalue weighted by Gasteiger charge is 2.50. The Bertz CT molecular complexity index is 778. The maximum atomic E-state index is 15.2. The van der Waals surface area contributed by atoms with Gasteiger partial charge in [-0.2, -0.15) is 13.8 Å². The monoisotopic (exact) mass is 459 g/mol. The van der Waals surface area contributed by atoms with E-state index < -0.39 is 27.6 Å². The zero-order valence-corrected chi connectivity index (χ0v) is 20.5. The van der Waals surface area contributed by atoms with Crippen LogP contribution in [0, 0.1) is 0 Å². The number of unbranched alkanes of at least 4 members (excludes halogenated alkanes) is 3. The van der Waals surface area contributed by atoms with Crippen molar-refractivity contribution in [2.45, 2.75) is 120 Å². The van der Waals surface area contributed by atoms with Crippen molar-refractivity contribution < 1.29 is 22.0 Å². The lowest BCUT2D eigenvalue weighted by Gasteiger charge is -2.52. The smallest absolute Gasteiger partial charge is 0.294 e. The molecular weight excluding hydrogens is 420 g/mol. The molecule has 0 amide bonds. The Hall–Kier alpha value is -1.05. The van der Waals surface area contributed by atoms with Crippen LogP contribution in [-0.2, 0) is 14.7 Å². The Balaban J connectivity index is 2.26. The second kappa shape index (κ2) is 10.3. The van der Waals surface area contributed by atoms with Crippen molar-refractivity contribution in [2.75, 3.05) is 0 Å². The Kier molecular flexibility index (Phi) is 8.67. The lowest BCUT2D eigenvalue weighted by Crippen LogP contribution is -2.59. The van der Waals surface area contributed by atoms with Crippen LogP contribution in [0.5, 0.6) is 0 Å². The summed E-state index contributed by atoms with van der Waals surface area (Å²) in [7, 11) is -4.80. The van der Waals surface area contributed by atoms with E-state index in [1.54, 1.807) is 6.07 Å². The fourth-order valence-electron chi connectivity index (χ4n) is 4.55. The molecule has 4 nitrogen and oxygen atoms in total. The van der Waals surface area contributed by atoms with Gasteiger partial charge in [0.1, 0.15) is 0 Å². The molecule has 0 N–H and O–H groups in total. The first-order valence-electron chi connectivity index (χ1n) is 11.5. The molecular formula is C24H39F2NO3S. The highest BCUT2D eigenvalue weighted by atomic mass is 32.2. The number of alkyl halides is 2. The molecule has 31 heavy (non-hydrogen) atoms. The third-order valence-electron chi connectivity index (χ3n) is 6.22. The maximum Gasteiger partial charge on any atom is 0.352 e. The van der Waals surface area contributed by atoms with Crippen LogP contribution in [0.1, 0.15) is 92.4 Å². The zero-order valence-electron chi connectivity index (χ0n) is 19.7. The van der Waals surface area contributed by atoms with Gasteiger partial charge in [-0.1, -0.05) is 50.8 Å². The summed E-state index contributed by atoms with van der Waals surface area (Å²) in [5.74, 6) is 0. The Morgan fingerprint density at radius 3 is 2.16 bits per heavy atom. The summed E-state index contributed by atoms with van der Waals surface area (Å²) in [5.41, 5.74) is -0.617. The zero-order chi connectivity index (χ0) is 23.3. The molecule has 2 rings (SSSR count). The Labute approximate surface area is 187 Å². The maximum absolute atomic E-state index is 15.2. The van der Waals surface area contributed by atoms with Gasteiger partial charge in [0.2, 0.25) is 9.84 Å². The first kappa shape index (κ1) is 26.2. The highest BCUT2D eigenvalue weighted by molar-refractivity contribution is 7.92. The van der Waals surface area contributed by atoms with E-state index in [2.05, 4.69) is 34.6 Å². The first-order valence-corrected chi connectivity index (χ1v) is 13.0. The van der Waals surface area contributed by atoms with Crippen molar-refractivity contribution >= 4 is 9.84 Å². The predicted molar refractivity (Wildman–Crippen MR) is 121 cm³/mol. The van der Waals surface area contributed by atoms with E-state index in [-0.39, 0.29) is 16.0 Å². The lowest BCUT2D eigenvalue weighted by atomic mass is 9.82. The third-order valence-corrected chi connectivity index (χ3v) is 8.07. The van der Waals surface area contributed by atoms with Crippen LogP contribution in [0.3, 0.4) is 0 Å². The third kappa shape index (κ3) is 6.48. The molecule has 7 heteroatoms. The topological polar surface area (TPSA) is 46.6 Å². The van der Waals surface area contributed by atoms with Gasteiger partial charge in [-0.3, -0.25) is 4.84 Å². The second-order valence-electron chi connectivity index (χ2n) is 10.0. The summed E-state index contributed by atoms with van der Waals surface area (Å²) in [4.78, 5) is 5.90. The number of benzene rings is 1. The quantitative estimate of drug-likeness (QED) is 0.343. The molecule has 0 aromatic heterocycles. The van der Waals surface area contributed by atoms with Crippen molar-refractivity contribution in [2.24, 2.45) is 0 Å². The number of hydroxylamine groups is 2. The van der Waals surface area contributed by atoms with Gasteiger partial charge in [0.05, 0.1) is 17.4 Å². The number of rotatable bonds is 11. The summed E-state index contributed by atoms with van der Waals surface area (Å²) in [5, 5.41) is -2.05. The SMILES string of the molecule is CCCCCCC(CC(F)(F)S(=O)(=O)c1ccccc1)ON1C(C)(C)CCCC1(C)C. The van der Waals surface area contributed by atoms with Crippen molar-refractivity contribution in [3.63, 3.8) is 0 Å². The summed E-state index contributed by atoms with van der Waals surface area (Å²) in [6.07, 6.45) is 5.23. The predicted octanol–water partition coefficient (Wildman–Crippen LogP) is 6.76. The van der Waals surface area contributed by atoms with E-state index >= 15 is 8.78 Å². The Morgan fingerprint density at radius 1 is 1.03 bits per heavy atom. The van der Waals surface area contributed by atoms with Crippen molar-refractivity contribution in [3.05, 3.63) is 30.3 Å². The molecule has 0 aliphatic carbocycles. The van der Waals surface area contributed by atoms with Gasteiger partial charge in [0.15, 0.2) is 0 Å². The Morgan fingerprint density at radius 2 is 1.61 bits per heavy atom. The molecule has 1 atom stereocenters. The van der Waals surface area contributed by atoms with Gasteiger partial charge in [-0.15, -0.1) is 0 Å². The van der Waals surface area contributed by atoms with Gasteiger partial charge in [0, 0.05) is 11.1 Å². The van der Waals surface area contributed by atoms with Gasteiger partial charge in [-0.05, 0) is 65.5 Å². The number of piperidine rings is 1. The van der Waals surface area contributed by atoms with Crippen LogP contribution < -0.4 is 0 Å². The average molecular weight is 460 g/mol. The molecule has 1 saturated heterocycles. The van der Waals surface area contributed by atoms with Crippen LogP contribution in [0.15, 0.2) is 35.2 Å². The van der Waals surface area contributed by atoms with E-state index in [4.69, 9.17) is 4.84 Å². The molecule has 0 radical (unpaired) electrons. The van der Waals surface area contributed by atoms with Crippen LogP contribution >= 0.6 is 0 Å². The average Bonchev–Trinajstić information content (AvgIpc) is 2.68. The van der Waals surface area contributed by atoms with Gasteiger partial charge < -0.3 is 0 Å². The summed E-state index contributed by atoms with van der Waals surface area (Å²) < 4.78 is 55.7. The number of hydrogen-bond acceptors (Lipinski definition) is 4. The molecule has 1 aromatic carbocycles. The van der Waals surface area contributed by atoms with Gasteiger partial charge in [-0.25, -0.2) is 8.42 Å². The molecule has 1 heterocycles. The van der Waals surface area contributed by atoms with Crippen LogP contribution in [0.2, 0.25) is 0 Å². The van der Waals surface area contributed by atoms with E-state index in [0.717, 1.165) is 44.9 Å². The summed E-state index contributed by atoms with van der Waals surface area (Å²) in [6, 6.07) is 6.96. The molecule has 1 fully saturated rings. The minimum absolute atomic E-state index is 0.309. The molecule has 1 unspecified atom stereocenters. The highest BCUT2D eigenvalue weighted by Crippen LogP contribution is 2.41. The molecule has 0 saturated carbocycles.